The Morgan fingerprint density at radius 1 is 1.26 bits per heavy atom. The fourth-order valence-electron chi connectivity index (χ4n) is 2.71. The molecular weight excluding hydrogens is 340 g/mol. The van der Waals surface area contributed by atoms with Crippen molar-refractivity contribution in [1.82, 2.24) is 4.90 Å². The third kappa shape index (κ3) is 4.10. The van der Waals surface area contributed by atoms with Crippen LogP contribution in [0.4, 0.5) is 0 Å². The molecule has 1 unspecified atom stereocenters. The van der Waals surface area contributed by atoms with Gasteiger partial charge in [0.25, 0.3) is 5.91 Å². The van der Waals surface area contributed by atoms with Crippen molar-refractivity contribution in [2.75, 3.05) is 19.3 Å². The fourth-order valence-corrected chi connectivity index (χ4v) is 4.58. The van der Waals surface area contributed by atoms with Crippen molar-refractivity contribution in [1.29, 1.82) is 0 Å². The van der Waals surface area contributed by atoms with Crippen molar-refractivity contribution in [3.8, 4) is 0 Å². The topological polar surface area (TPSA) is 115 Å². The zero-order chi connectivity index (χ0) is 17.4. The second kappa shape index (κ2) is 6.21. The molecule has 0 spiro atoms. The molecule has 2 rings (SSSR count). The van der Waals surface area contributed by atoms with Gasteiger partial charge < -0.3 is 4.90 Å². The Morgan fingerprint density at radius 3 is 2.48 bits per heavy atom. The maximum Gasteiger partial charge on any atom is 0.253 e. The van der Waals surface area contributed by atoms with Gasteiger partial charge in [0, 0.05) is 24.9 Å². The van der Waals surface area contributed by atoms with E-state index in [1.807, 2.05) is 0 Å². The van der Waals surface area contributed by atoms with Gasteiger partial charge in [-0.25, -0.2) is 22.0 Å². The summed E-state index contributed by atoms with van der Waals surface area (Å²) in [5, 5.41) is 4.39. The van der Waals surface area contributed by atoms with E-state index in [9.17, 15) is 21.6 Å². The number of likely N-dealkylation sites (tertiary alicyclic amines) is 1. The fraction of sp³-hybridized carbons (Fsp3) is 0.500. The Balaban J connectivity index is 2.31. The van der Waals surface area contributed by atoms with Crippen LogP contribution >= 0.6 is 0 Å². The molecule has 2 N–H and O–H groups in total. The van der Waals surface area contributed by atoms with Crippen molar-refractivity contribution in [2.24, 2.45) is 5.14 Å². The molecule has 0 aliphatic carbocycles. The minimum Gasteiger partial charge on any atom is -0.337 e. The molecule has 1 atom stereocenters. The summed E-state index contributed by atoms with van der Waals surface area (Å²) in [5.74, 6) is -0.386. The Morgan fingerprint density at radius 2 is 1.91 bits per heavy atom. The summed E-state index contributed by atoms with van der Waals surface area (Å²) in [4.78, 5) is 14.1. The summed E-state index contributed by atoms with van der Waals surface area (Å²) in [5.41, 5.74) is 0.788. The van der Waals surface area contributed by atoms with Gasteiger partial charge in [-0.1, -0.05) is 6.07 Å². The summed E-state index contributed by atoms with van der Waals surface area (Å²) >= 11 is 0. The molecule has 1 amide bonds. The minimum absolute atomic E-state index is 0.0275. The van der Waals surface area contributed by atoms with E-state index in [-0.39, 0.29) is 22.9 Å². The molecule has 1 fully saturated rings. The van der Waals surface area contributed by atoms with E-state index >= 15 is 0 Å². The number of nitrogens with zero attached hydrogens (tertiary/aromatic N) is 1. The van der Waals surface area contributed by atoms with E-state index in [1.54, 1.807) is 19.1 Å². The lowest BCUT2D eigenvalue weighted by Crippen LogP contribution is -2.47. The SMILES string of the molecule is Cc1ccc(C(=O)N2CCCC(S(N)(=O)=O)C2)cc1S(C)(=O)=O. The van der Waals surface area contributed by atoms with Crippen LogP contribution in [-0.2, 0) is 19.9 Å². The molecule has 7 nitrogen and oxygen atoms in total. The number of sulfonamides is 1. The number of hydrogen-bond acceptors (Lipinski definition) is 5. The first-order valence-electron chi connectivity index (χ1n) is 7.12. The van der Waals surface area contributed by atoms with Gasteiger partial charge in [0.05, 0.1) is 10.1 Å². The molecular formula is C14H20N2O5S2. The van der Waals surface area contributed by atoms with Crippen LogP contribution in [0.3, 0.4) is 0 Å². The number of aryl methyl sites for hydroxylation is 1. The maximum absolute atomic E-state index is 12.6. The maximum atomic E-state index is 12.6. The van der Waals surface area contributed by atoms with Crippen molar-refractivity contribution >= 4 is 25.8 Å². The quantitative estimate of drug-likeness (QED) is 0.832. The largest absolute Gasteiger partial charge is 0.337 e. The molecule has 0 aromatic heterocycles. The lowest BCUT2D eigenvalue weighted by atomic mass is 10.1. The van der Waals surface area contributed by atoms with Crippen LogP contribution in [-0.4, -0.2) is 52.2 Å². The van der Waals surface area contributed by atoms with Gasteiger partial charge in [0.2, 0.25) is 10.0 Å². The van der Waals surface area contributed by atoms with Gasteiger partial charge in [-0.05, 0) is 37.5 Å². The number of rotatable bonds is 3. The van der Waals surface area contributed by atoms with E-state index in [1.165, 1.54) is 11.0 Å². The predicted octanol–water partition coefficient (Wildman–Crippen LogP) is 0.292. The molecule has 1 aliphatic heterocycles. The molecule has 1 heterocycles. The number of piperidine rings is 1. The second-order valence-corrected chi connectivity index (χ2v) is 9.69. The van der Waals surface area contributed by atoms with Gasteiger partial charge in [-0.2, -0.15) is 0 Å². The number of benzene rings is 1. The molecule has 1 saturated heterocycles. The van der Waals surface area contributed by atoms with Crippen LogP contribution in [0.15, 0.2) is 23.1 Å². The molecule has 23 heavy (non-hydrogen) atoms. The van der Waals surface area contributed by atoms with E-state index in [0.717, 1.165) is 6.26 Å². The van der Waals surface area contributed by atoms with Crippen LogP contribution in [0, 0.1) is 6.92 Å². The van der Waals surface area contributed by atoms with Gasteiger partial charge in [-0.15, -0.1) is 0 Å². The van der Waals surface area contributed by atoms with Crippen molar-refractivity contribution in [3.63, 3.8) is 0 Å². The zero-order valence-electron chi connectivity index (χ0n) is 13.0. The van der Waals surface area contributed by atoms with Crippen molar-refractivity contribution < 1.29 is 21.6 Å². The highest BCUT2D eigenvalue weighted by Gasteiger charge is 2.31. The number of carbonyl (C=O) groups is 1. The molecule has 9 heteroatoms. The summed E-state index contributed by atoms with van der Waals surface area (Å²) in [6.45, 7) is 2.11. The third-order valence-electron chi connectivity index (χ3n) is 3.96. The number of nitrogens with two attached hydrogens (primary N) is 1. The average Bonchev–Trinajstić information content (AvgIpc) is 2.45. The van der Waals surface area contributed by atoms with Crippen molar-refractivity contribution in [2.45, 2.75) is 29.9 Å². The molecule has 1 aromatic carbocycles. The van der Waals surface area contributed by atoms with E-state index in [2.05, 4.69) is 0 Å². The van der Waals surface area contributed by atoms with Crippen molar-refractivity contribution in [3.05, 3.63) is 29.3 Å². The van der Waals surface area contributed by atoms with Crippen LogP contribution in [0.25, 0.3) is 0 Å². The van der Waals surface area contributed by atoms with Crippen LogP contribution in [0.5, 0.6) is 0 Å². The van der Waals surface area contributed by atoms with Gasteiger partial charge in [0.15, 0.2) is 9.84 Å². The summed E-state index contributed by atoms with van der Waals surface area (Å²) in [6, 6.07) is 4.46. The van der Waals surface area contributed by atoms with Crippen LogP contribution in [0.2, 0.25) is 0 Å². The predicted molar refractivity (Wildman–Crippen MR) is 86.3 cm³/mol. The number of primary sulfonamides is 1. The zero-order valence-corrected chi connectivity index (χ0v) is 14.7. The van der Waals surface area contributed by atoms with E-state index in [0.29, 0.717) is 24.9 Å². The van der Waals surface area contributed by atoms with E-state index in [4.69, 9.17) is 5.14 Å². The summed E-state index contributed by atoms with van der Waals surface area (Å²) in [6.07, 6.45) is 2.05. The normalized spacial score (nSPS) is 19.6. The standard InChI is InChI=1S/C14H20N2O5S2/c1-10-5-6-11(8-13(10)22(2,18)19)14(17)16-7-3-4-12(9-16)23(15,20)21/h5-6,8,12H,3-4,7,9H2,1-2H3,(H2,15,20,21). The smallest absolute Gasteiger partial charge is 0.253 e. The van der Waals surface area contributed by atoms with E-state index < -0.39 is 25.1 Å². The van der Waals surface area contributed by atoms with Gasteiger partial charge in [-0.3, -0.25) is 4.79 Å². The Hall–Kier alpha value is -1.45. The molecule has 0 radical (unpaired) electrons. The highest BCUT2D eigenvalue weighted by Crippen LogP contribution is 2.21. The first kappa shape index (κ1) is 17.9. The first-order valence-corrected chi connectivity index (χ1v) is 10.6. The van der Waals surface area contributed by atoms with Gasteiger partial charge in [0.1, 0.15) is 0 Å². The number of amides is 1. The number of sulfone groups is 1. The second-order valence-electron chi connectivity index (χ2n) is 5.86. The minimum atomic E-state index is -3.70. The number of carbonyl (C=O) groups excluding carboxylic acids is 1. The lowest BCUT2D eigenvalue weighted by molar-refractivity contribution is 0.0726. The van der Waals surface area contributed by atoms with Gasteiger partial charge >= 0.3 is 0 Å². The molecule has 1 aliphatic rings. The Kier molecular flexibility index (Phi) is 4.84. The highest BCUT2D eigenvalue weighted by atomic mass is 32.2. The average molecular weight is 360 g/mol. The highest BCUT2D eigenvalue weighted by molar-refractivity contribution is 7.90. The summed E-state index contributed by atoms with van der Waals surface area (Å²) in [7, 11) is -7.14. The monoisotopic (exact) mass is 360 g/mol. The van der Waals surface area contributed by atoms with Crippen LogP contribution in [0.1, 0.15) is 28.8 Å². The Labute approximate surface area is 136 Å². The first-order chi connectivity index (χ1) is 10.5. The molecule has 128 valence electrons. The molecule has 1 aromatic rings. The Bertz CT molecular complexity index is 831. The third-order valence-corrected chi connectivity index (χ3v) is 6.52. The molecule has 0 saturated carbocycles. The molecule has 0 bridgehead atoms. The summed E-state index contributed by atoms with van der Waals surface area (Å²) < 4.78 is 46.5. The lowest BCUT2D eigenvalue weighted by Gasteiger charge is -2.31. The number of hydrogen-bond donors (Lipinski definition) is 1. The van der Waals surface area contributed by atoms with Crippen LogP contribution < -0.4 is 5.14 Å².